The summed E-state index contributed by atoms with van der Waals surface area (Å²) < 4.78 is 0. The molecule has 104 valence electrons. The first-order valence-electron chi connectivity index (χ1n) is 6.79. The number of carbonyl (C=O) groups is 1. The molecule has 4 heteroatoms. The molecule has 0 spiro atoms. The number of nitrogens with one attached hydrogen (secondary N) is 1. The van der Waals surface area contributed by atoms with Crippen molar-refractivity contribution < 1.29 is 4.79 Å². The molecule has 2 aromatic carbocycles. The number of nitrogens with zero attached hydrogens (tertiary/aromatic N) is 2. The zero-order valence-corrected chi connectivity index (χ0v) is 11.7. The van der Waals surface area contributed by atoms with Gasteiger partial charge in [-0.05, 0) is 30.2 Å². The van der Waals surface area contributed by atoms with Crippen LogP contribution in [0.5, 0.6) is 0 Å². The molecule has 0 aliphatic carbocycles. The second-order valence-corrected chi connectivity index (χ2v) is 4.90. The van der Waals surface area contributed by atoms with Crippen molar-refractivity contribution >= 4 is 16.8 Å². The molecule has 3 aromatic rings. The van der Waals surface area contributed by atoms with E-state index < -0.39 is 0 Å². The topological polar surface area (TPSA) is 54.9 Å². The predicted molar refractivity (Wildman–Crippen MR) is 81.9 cm³/mol. The van der Waals surface area contributed by atoms with Gasteiger partial charge in [-0.15, -0.1) is 10.2 Å². The van der Waals surface area contributed by atoms with Crippen molar-refractivity contribution in [3.05, 3.63) is 71.4 Å². The maximum atomic E-state index is 12.2. The van der Waals surface area contributed by atoms with E-state index in [1.807, 2.05) is 55.5 Å². The van der Waals surface area contributed by atoms with E-state index in [-0.39, 0.29) is 5.91 Å². The molecule has 0 saturated heterocycles. The number of aromatic nitrogens is 2. The van der Waals surface area contributed by atoms with Gasteiger partial charge in [0.1, 0.15) is 0 Å². The van der Waals surface area contributed by atoms with Crippen molar-refractivity contribution in [1.29, 1.82) is 0 Å². The molecule has 4 nitrogen and oxygen atoms in total. The summed E-state index contributed by atoms with van der Waals surface area (Å²) in [6.07, 6.45) is 0. The molecule has 0 atom stereocenters. The fourth-order valence-electron chi connectivity index (χ4n) is 2.17. The van der Waals surface area contributed by atoms with Crippen LogP contribution in [0.4, 0.5) is 0 Å². The summed E-state index contributed by atoms with van der Waals surface area (Å²) >= 11 is 0. The first-order valence-corrected chi connectivity index (χ1v) is 6.79. The fourth-order valence-corrected chi connectivity index (χ4v) is 2.17. The maximum absolute atomic E-state index is 12.2. The molecule has 0 bridgehead atoms. The predicted octanol–water partition coefficient (Wildman–Crippen LogP) is 2.87. The summed E-state index contributed by atoms with van der Waals surface area (Å²) in [6, 6.07) is 17.3. The Morgan fingerprint density at radius 3 is 2.67 bits per heavy atom. The highest BCUT2D eigenvalue weighted by Gasteiger charge is 2.09. The van der Waals surface area contributed by atoms with E-state index in [0.29, 0.717) is 12.2 Å². The SMILES string of the molecule is Cc1ccccc1CNC(=O)c1cc2ccccc2nn1. The Morgan fingerprint density at radius 2 is 1.81 bits per heavy atom. The van der Waals surface area contributed by atoms with Crippen LogP contribution in [0.15, 0.2) is 54.6 Å². The minimum atomic E-state index is -0.212. The molecule has 0 unspecified atom stereocenters. The van der Waals surface area contributed by atoms with Crippen molar-refractivity contribution in [1.82, 2.24) is 15.5 Å². The Labute approximate surface area is 122 Å². The van der Waals surface area contributed by atoms with Gasteiger partial charge < -0.3 is 5.32 Å². The molecular weight excluding hydrogens is 262 g/mol. The highest BCUT2D eigenvalue weighted by molar-refractivity contribution is 5.95. The number of aryl methyl sites for hydroxylation is 1. The molecule has 0 saturated carbocycles. The van der Waals surface area contributed by atoms with E-state index in [1.165, 1.54) is 0 Å². The van der Waals surface area contributed by atoms with Crippen molar-refractivity contribution in [3.8, 4) is 0 Å². The van der Waals surface area contributed by atoms with Crippen LogP contribution in [0.3, 0.4) is 0 Å². The quantitative estimate of drug-likeness (QED) is 0.801. The molecule has 1 aromatic heterocycles. The highest BCUT2D eigenvalue weighted by Crippen LogP contribution is 2.11. The lowest BCUT2D eigenvalue weighted by Gasteiger charge is -2.07. The van der Waals surface area contributed by atoms with Crippen molar-refractivity contribution in [2.45, 2.75) is 13.5 Å². The number of rotatable bonds is 3. The monoisotopic (exact) mass is 277 g/mol. The van der Waals surface area contributed by atoms with Gasteiger partial charge in [0, 0.05) is 11.9 Å². The molecule has 1 N–H and O–H groups in total. The third kappa shape index (κ3) is 2.89. The third-order valence-electron chi connectivity index (χ3n) is 3.43. The summed E-state index contributed by atoms with van der Waals surface area (Å²) in [5, 5.41) is 11.8. The van der Waals surface area contributed by atoms with Crippen LogP contribution < -0.4 is 5.32 Å². The largest absolute Gasteiger partial charge is 0.347 e. The summed E-state index contributed by atoms with van der Waals surface area (Å²) in [4.78, 5) is 12.2. The summed E-state index contributed by atoms with van der Waals surface area (Å²) in [7, 11) is 0. The molecule has 0 radical (unpaired) electrons. The van der Waals surface area contributed by atoms with Crippen LogP contribution in [0.25, 0.3) is 10.9 Å². The van der Waals surface area contributed by atoms with Gasteiger partial charge in [0.25, 0.3) is 5.91 Å². The molecule has 21 heavy (non-hydrogen) atoms. The number of amides is 1. The van der Waals surface area contributed by atoms with Gasteiger partial charge in [-0.25, -0.2) is 0 Å². The van der Waals surface area contributed by atoms with Crippen LogP contribution in [0, 0.1) is 6.92 Å². The Balaban J connectivity index is 1.76. The van der Waals surface area contributed by atoms with Gasteiger partial charge in [-0.1, -0.05) is 42.5 Å². The van der Waals surface area contributed by atoms with E-state index in [1.54, 1.807) is 6.07 Å². The van der Waals surface area contributed by atoms with E-state index in [4.69, 9.17) is 0 Å². The minimum absolute atomic E-state index is 0.212. The third-order valence-corrected chi connectivity index (χ3v) is 3.43. The van der Waals surface area contributed by atoms with Crippen molar-refractivity contribution in [2.24, 2.45) is 0 Å². The molecule has 0 fully saturated rings. The normalized spacial score (nSPS) is 10.5. The van der Waals surface area contributed by atoms with Gasteiger partial charge >= 0.3 is 0 Å². The van der Waals surface area contributed by atoms with Gasteiger partial charge in [-0.3, -0.25) is 4.79 Å². The first-order chi connectivity index (χ1) is 10.2. The average molecular weight is 277 g/mol. The van der Waals surface area contributed by atoms with Crippen LogP contribution in [-0.4, -0.2) is 16.1 Å². The second-order valence-electron chi connectivity index (χ2n) is 4.90. The lowest BCUT2D eigenvalue weighted by Crippen LogP contribution is -2.24. The molecule has 1 amide bonds. The molecule has 1 heterocycles. The maximum Gasteiger partial charge on any atom is 0.272 e. The molecule has 0 aliphatic rings. The van der Waals surface area contributed by atoms with Gasteiger partial charge in [0.2, 0.25) is 0 Å². The zero-order chi connectivity index (χ0) is 14.7. The first kappa shape index (κ1) is 13.2. The fraction of sp³-hybridized carbons (Fsp3) is 0.118. The van der Waals surface area contributed by atoms with Gasteiger partial charge in [-0.2, -0.15) is 0 Å². The summed E-state index contributed by atoms with van der Waals surface area (Å²) in [6.45, 7) is 2.51. The average Bonchev–Trinajstić information content (AvgIpc) is 2.53. The van der Waals surface area contributed by atoms with Crippen LogP contribution >= 0.6 is 0 Å². The lowest BCUT2D eigenvalue weighted by atomic mass is 10.1. The summed E-state index contributed by atoms with van der Waals surface area (Å²) in [5.74, 6) is -0.212. The Bertz CT molecular complexity index is 799. The summed E-state index contributed by atoms with van der Waals surface area (Å²) in [5.41, 5.74) is 3.37. The van der Waals surface area contributed by atoms with Crippen LogP contribution in [-0.2, 0) is 6.54 Å². The lowest BCUT2D eigenvalue weighted by molar-refractivity contribution is 0.0945. The molecule has 0 aliphatic heterocycles. The Kier molecular flexibility index (Phi) is 3.60. The standard InChI is InChI=1S/C17H15N3O/c1-12-6-2-3-8-14(12)11-18-17(21)16-10-13-7-4-5-9-15(13)19-20-16/h2-10H,11H2,1H3,(H,18,21). The Morgan fingerprint density at radius 1 is 1.05 bits per heavy atom. The number of benzene rings is 2. The zero-order valence-electron chi connectivity index (χ0n) is 11.7. The van der Waals surface area contributed by atoms with E-state index in [2.05, 4.69) is 15.5 Å². The molecular formula is C17H15N3O. The number of hydrogen-bond acceptors (Lipinski definition) is 3. The highest BCUT2D eigenvalue weighted by atomic mass is 16.1. The van der Waals surface area contributed by atoms with Gasteiger partial charge in [0.05, 0.1) is 5.52 Å². The van der Waals surface area contributed by atoms with Gasteiger partial charge in [0.15, 0.2) is 5.69 Å². The smallest absolute Gasteiger partial charge is 0.272 e. The Hall–Kier alpha value is -2.75. The second kappa shape index (κ2) is 5.71. The number of carbonyl (C=O) groups excluding carboxylic acids is 1. The van der Waals surface area contributed by atoms with E-state index >= 15 is 0 Å². The van der Waals surface area contributed by atoms with Crippen molar-refractivity contribution in [3.63, 3.8) is 0 Å². The number of fused-ring (bicyclic) bond motifs is 1. The molecule has 3 rings (SSSR count). The van der Waals surface area contributed by atoms with E-state index in [9.17, 15) is 4.79 Å². The van der Waals surface area contributed by atoms with Crippen molar-refractivity contribution in [2.75, 3.05) is 0 Å². The van der Waals surface area contributed by atoms with Crippen LogP contribution in [0.1, 0.15) is 21.6 Å². The van der Waals surface area contributed by atoms with E-state index in [0.717, 1.165) is 22.0 Å². The minimum Gasteiger partial charge on any atom is -0.347 e. The number of hydrogen-bond donors (Lipinski definition) is 1. The van der Waals surface area contributed by atoms with Crippen LogP contribution in [0.2, 0.25) is 0 Å².